The summed E-state index contributed by atoms with van der Waals surface area (Å²) in [5.74, 6) is 0.190. The van der Waals surface area contributed by atoms with E-state index < -0.39 is 6.10 Å². The van der Waals surface area contributed by atoms with Crippen LogP contribution < -0.4 is 4.74 Å². The van der Waals surface area contributed by atoms with Crippen molar-refractivity contribution in [2.75, 3.05) is 0 Å². The van der Waals surface area contributed by atoms with Crippen LogP contribution in [0.15, 0.2) is 40.9 Å². The van der Waals surface area contributed by atoms with Gasteiger partial charge in [0.25, 0.3) is 0 Å². The second kappa shape index (κ2) is 5.19. The Balaban J connectivity index is 1.94. The Bertz CT molecular complexity index is 657. The molecule has 0 saturated heterocycles. The van der Waals surface area contributed by atoms with Crippen LogP contribution in [-0.4, -0.2) is 5.11 Å². The summed E-state index contributed by atoms with van der Waals surface area (Å²) in [5, 5.41) is 10.2. The van der Waals surface area contributed by atoms with Crippen LogP contribution in [-0.2, 0) is 0 Å². The topological polar surface area (TPSA) is 29.5 Å². The van der Waals surface area contributed by atoms with Crippen LogP contribution in [0.5, 0.6) is 5.75 Å². The normalized spacial score (nSPS) is 21.2. The molecule has 2 aromatic rings. The van der Waals surface area contributed by atoms with Crippen molar-refractivity contribution >= 4 is 15.9 Å². The summed E-state index contributed by atoms with van der Waals surface area (Å²) in [7, 11) is 0. The Morgan fingerprint density at radius 1 is 1.25 bits per heavy atom. The predicted octanol–water partition coefficient (Wildman–Crippen LogP) is 4.45. The van der Waals surface area contributed by atoms with Gasteiger partial charge in [0.15, 0.2) is 0 Å². The molecule has 20 heavy (non-hydrogen) atoms. The zero-order chi connectivity index (χ0) is 14.3. The van der Waals surface area contributed by atoms with Crippen LogP contribution >= 0.6 is 15.9 Å². The fourth-order valence-electron chi connectivity index (χ4n) is 2.43. The smallest absolute Gasteiger partial charge is 0.127 e. The highest BCUT2D eigenvalue weighted by Gasteiger charge is 2.28. The van der Waals surface area contributed by atoms with Gasteiger partial charge in [0.1, 0.15) is 17.7 Å². The number of hydrogen-bond donors (Lipinski definition) is 1. The fraction of sp³-hybridized carbons (Fsp3) is 0.250. The minimum atomic E-state index is -0.709. The molecule has 2 atom stereocenters. The molecule has 1 N–H and O–H groups in total. The van der Waals surface area contributed by atoms with Gasteiger partial charge in [-0.1, -0.05) is 28.1 Å². The first-order chi connectivity index (χ1) is 9.54. The molecule has 0 radical (unpaired) electrons. The van der Waals surface area contributed by atoms with E-state index in [4.69, 9.17) is 4.74 Å². The highest BCUT2D eigenvalue weighted by atomic mass is 79.9. The Morgan fingerprint density at radius 3 is 2.80 bits per heavy atom. The zero-order valence-electron chi connectivity index (χ0n) is 10.9. The Hall–Kier alpha value is -1.39. The first kappa shape index (κ1) is 13.6. The maximum Gasteiger partial charge on any atom is 0.127 e. The van der Waals surface area contributed by atoms with Crippen molar-refractivity contribution in [3.63, 3.8) is 0 Å². The second-order valence-corrected chi connectivity index (χ2v) is 5.90. The van der Waals surface area contributed by atoms with Gasteiger partial charge in [-0.25, -0.2) is 4.39 Å². The van der Waals surface area contributed by atoms with E-state index >= 15 is 0 Å². The van der Waals surface area contributed by atoms with Gasteiger partial charge < -0.3 is 9.84 Å². The SMILES string of the molecule is Cc1ccc(C2CC(O)c3cc(F)ccc3O2)cc1Br. The summed E-state index contributed by atoms with van der Waals surface area (Å²) in [6.45, 7) is 2.02. The van der Waals surface area contributed by atoms with E-state index in [0.717, 1.165) is 15.6 Å². The van der Waals surface area contributed by atoms with Crippen molar-refractivity contribution in [2.24, 2.45) is 0 Å². The number of benzene rings is 2. The summed E-state index contributed by atoms with van der Waals surface area (Å²) >= 11 is 3.50. The van der Waals surface area contributed by atoms with E-state index in [2.05, 4.69) is 15.9 Å². The van der Waals surface area contributed by atoms with Crippen molar-refractivity contribution in [3.05, 3.63) is 63.4 Å². The molecular formula is C16H14BrFO2. The number of aryl methyl sites for hydroxylation is 1. The molecule has 1 aliphatic heterocycles. The van der Waals surface area contributed by atoms with Gasteiger partial charge in [-0.3, -0.25) is 0 Å². The minimum absolute atomic E-state index is 0.222. The molecule has 0 aliphatic carbocycles. The quantitative estimate of drug-likeness (QED) is 0.833. The number of hydrogen-bond acceptors (Lipinski definition) is 2. The predicted molar refractivity (Wildman–Crippen MR) is 78.2 cm³/mol. The second-order valence-electron chi connectivity index (χ2n) is 5.05. The van der Waals surface area contributed by atoms with Crippen molar-refractivity contribution < 1.29 is 14.2 Å². The molecule has 1 aliphatic rings. The molecule has 0 aromatic heterocycles. The van der Waals surface area contributed by atoms with Crippen molar-refractivity contribution in [2.45, 2.75) is 25.6 Å². The first-order valence-corrected chi connectivity index (χ1v) is 7.24. The van der Waals surface area contributed by atoms with Gasteiger partial charge in [-0.05, 0) is 42.3 Å². The Morgan fingerprint density at radius 2 is 2.05 bits per heavy atom. The van der Waals surface area contributed by atoms with Gasteiger partial charge in [-0.15, -0.1) is 0 Å². The number of aliphatic hydroxyl groups is 1. The molecule has 3 rings (SSSR count). The molecule has 0 fully saturated rings. The van der Waals surface area contributed by atoms with E-state index in [-0.39, 0.29) is 11.9 Å². The first-order valence-electron chi connectivity index (χ1n) is 6.45. The zero-order valence-corrected chi connectivity index (χ0v) is 12.5. The van der Waals surface area contributed by atoms with Crippen molar-refractivity contribution in [1.29, 1.82) is 0 Å². The number of halogens is 2. The van der Waals surface area contributed by atoms with E-state index in [1.165, 1.54) is 12.1 Å². The van der Waals surface area contributed by atoms with Crippen LogP contribution in [0.2, 0.25) is 0 Å². The van der Waals surface area contributed by atoms with Crippen molar-refractivity contribution in [3.8, 4) is 5.75 Å². The standard InChI is InChI=1S/C16H14BrFO2/c1-9-2-3-10(6-13(9)17)16-8-14(19)12-7-11(18)4-5-15(12)20-16/h2-7,14,16,19H,8H2,1H3. The van der Waals surface area contributed by atoms with E-state index in [9.17, 15) is 9.50 Å². The number of aliphatic hydroxyl groups excluding tert-OH is 1. The van der Waals surface area contributed by atoms with Gasteiger partial charge in [0, 0.05) is 16.5 Å². The monoisotopic (exact) mass is 336 g/mol. The number of fused-ring (bicyclic) bond motifs is 1. The molecule has 0 spiro atoms. The van der Waals surface area contributed by atoms with E-state index in [1.54, 1.807) is 6.07 Å². The minimum Gasteiger partial charge on any atom is -0.485 e. The number of ether oxygens (including phenoxy) is 1. The van der Waals surface area contributed by atoms with Crippen molar-refractivity contribution in [1.82, 2.24) is 0 Å². The summed E-state index contributed by atoms with van der Waals surface area (Å²) in [4.78, 5) is 0. The Kier molecular flexibility index (Phi) is 3.52. The molecule has 104 valence electrons. The average molecular weight is 337 g/mol. The van der Waals surface area contributed by atoms with Gasteiger partial charge in [-0.2, -0.15) is 0 Å². The maximum atomic E-state index is 13.2. The number of rotatable bonds is 1. The lowest BCUT2D eigenvalue weighted by atomic mass is 9.94. The third kappa shape index (κ3) is 2.45. The fourth-order valence-corrected chi connectivity index (χ4v) is 2.83. The Labute approximate surface area is 125 Å². The lowest BCUT2D eigenvalue weighted by Crippen LogP contribution is -2.19. The average Bonchev–Trinajstić information content (AvgIpc) is 2.42. The summed E-state index contributed by atoms with van der Waals surface area (Å²) < 4.78 is 20.1. The van der Waals surface area contributed by atoms with Crippen LogP contribution in [0.1, 0.15) is 35.3 Å². The van der Waals surface area contributed by atoms with Crippen LogP contribution in [0.25, 0.3) is 0 Å². The van der Waals surface area contributed by atoms with Gasteiger partial charge in [0.05, 0.1) is 6.10 Å². The third-order valence-corrected chi connectivity index (χ3v) is 4.46. The maximum absolute atomic E-state index is 13.2. The molecule has 0 bridgehead atoms. The van der Waals surface area contributed by atoms with Crippen LogP contribution in [0.3, 0.4) is 0 Å². The largest absolute Gasteiger partial charge is 0.485 e. The summed E-state index contributed by atoms with van der Waals surface area (Å²) in [5.41, 5.74) is 2.66. The van der Waals surface area contributed by atoms with Crippen LogP contribution in [0, 0.1) is 12.7 Å². The molecule has 2 nitrogen and oxygen atoms in total. The van der Waals surface area contributed by atoms with E-state index in [1.807, 2.05) is 25.1 Å². The van der Waals surface area contributed by atoms with Crippen LogP contribution in [0.4, 0.5) is 4.39 Å². The van der Waals surface area contributed by atoms with E-state index in [0.29, 0.717) is 17.7 Å². The molecule has 0 saturated carbocycles. The molecule has 1 heterocycles. The molecule has 2 unspecified atom stereocenters. The molecule has 0 amide bonds. The molecule has 4 heteroatoms. The highest BCUT2D eigenvalue weighted by Crippen LogP contribution is 2.41. The van der Waals surface area contributed by atoms with Gasteiger partial charge in [0.2, 0.25) is 0 Å². The lowest BCUT2D eigenvalue weighted by Gasteiger charge is -2.30. The molecule has 2 aromatic carbocycles. The third-order valence-electron chi connectivity index (χ3n) is 3.61. The molecular weight excluding hydrogens is 323 g/mol. The lowest BCUT2D eigenvalue weighted by molar-refractivity contribution is 0.0653. The summed E-state index contributed by atoms with van der Waals surface area (Å²) in [6.07, 6.45) is -0.509. The summed E-state index contributed by atoms with van der Waals surface area (Å²) in [6, 6.07) is 10.3. The van der Waals surface area contributed by atoms with Gasteiger partial charge >= 0.3 is 0 Å². The highest BCUT2D eigenvalue weighted by molar-refractivity contribution is 9.10.